The predicted molar refractivity (Wildman–Crippen MR) is 131 cm³/mol. The Morgan fingerprint density at radius 2 is 1.94 bits per heavy atom. The highest BCUT2D eigenvalue weighted by atomic mass is 35.5. The molecule has 0 spiro atoms. The van der Waals surface area contributed by atoms with Gasteiger partial charge in [0, 0.05) is 16.8 Å². The zero-order chi connectivity index (χ0) is 22.0. The van der Waals surface area contributed by atoms with E-state index in [1.807, 2.05) is 43.3 Å². The molecule has 156 valence electrons. The Kier molecular flexibility index (Phi) is 6.18. The number of thiocarbonyl (C=S) groups is 1. The lowest BCUT2D eigenvalue weighted by atomic mass is 10.1. The summed E-state index contributed by atoms with van der Waals surface area (Å²) in [6, 6.07) is 18.8. The highest BCUT2D eigenvalue weighted by Crippen LogP contribution is 2.32. The zero-order valence-electron chi connectivity index (χ0n) is 16.7. The summed E-state index contributed by atoms with van der Waals surface area (Å²) in [6.45, 7) is 1.97. The van der Waals surface area contributed by atoms with Crippen LogP contribution in [0.2, 0.25) is 5.02 Å². The van der Waals surface area contributed by atoms with Crippen LogP contribution in [0.15, 0.2) is 60.7 Å². The molecule has 0 unspecified atom stereocenters. The maximum Gasteiger partial charge on any atom is 0.257 e. The van der Waals surface area contributed by atoms with Gasteiger partial charge in [0.1, 0.15) is 10.8 Å². The molecule has 0 aliphatic heterocycles. The number of carbonyl (C=O) groups is 1. The van der Waals surface area contributed by atoms with Crippen molar-refractivity contribution in [2.75, 3.05) is 12.4 Å². The first-order chi connectivity index (χ1) is 14.9. The first kappa shape index (κ1) is 21.2. The van der Waals surface area contributed by atoms with E-state index in [0.717, 1.165) is 32.0 Å². The Labute approximate surface area is 194 Å². The highest BCUT2D eigenvalue weighted by Gasteiger charge is 2.13. The minimum absolute atomic E-state index is 0.196. The maximum absolute atomic E-state index is 12.5. The quantitative estimate of drug-likeness (QED) is 0.357. The SMILES string of the molecule is COc1ccc(C(=O)NC(=S)Nc2cc(-c3nc4ccccc4s3)ccc2C)cc1Cl. The summed E-state index contributed by atoms with van der Waals surface area (Å²) in [5.41, 5.74) is 4.13. The third-order valence-corrected chi connectivity index (χ3v) is 6.25. The van der Waals surface area contributed by atoms with Crippen molar-refractivity contribution in [3.05, 3.63) is 76.8 Å². The number of methoxy groups -OCH3 is 1. The summed E-state index contributed by atoms with van der Waals surface area (Å²) in [5, 5.41) is 7.27. The van der Waals surface area contributed by atoms with Crippen LogP contribution in [0.1, 0.15) is 15.9 Å². The fourth-order valence-electron chi connectivity index (χ4n) is 3.02. The number of nitrogens with one attached hydrogen (secondary N) is 2. The van der Waals surface area contributed by atoms with Crippen molar-refractivity contribution in [1.82, 2.24) is 10.3 Å². The molecule has 0 saturated heterocycles. The van der Waals surface area contributed by atoms with Crippen LogP contribution < -0.4 is 15.4 Å². The van der Waals surface area contributed by atoms with Crippen LogP contribution in [-0.2, 0) is 0 Å². The number of aryl methyl sites for hydroxylation is 1. The van der Waals surface area contributed by atoms with Crippen LogP contribution in [-0.4, -0.2) is 23.1 Å². The molecule has 0 saturated carbocycles. The number of anilines is 1. The van der Waals surface area contributed by atoms with Crippen molar-refractivity contribution in [3.63, 3.8) is 0 Å². The molecular weight excluding hydrogens is 450 g/mol. The van der Waals surface area contributed by atoms with E-state index in [1.54, 1.807) is 23.5 Å². The smallest absolute Gasteiger partial charge is 0.257 e. The molecule has 0 radical (unpaired) electrons. The summed E-state index contributed by atoms with van der Waals surface area (Å²) in [5.74, 6) is 0.142. The second-order valence-corrected chi connectivity index (χ2v) is 8.62. The molecule has 0 bridgehead atoms. The van der Waals surface area contributed by atoms with E-state index in [-0.39, 0.29) is 11.0 Å². The first-order valence-electron chi connectivity index (χ1n) is 9.37. The topological polar surface area (TPSA) is 63.2 Å². The van der Waals surface area contributed by atoms with Crippen molar-refractivity contribution in [1.29, 1.82) is 0 Å². The Hall–Kier alpha value is -3.00. The predicted octanol–water partition coefficient (Wildman–Crippen LogP) is 6.06. The van der Waals surface area contributed by atoms with Gasteiger partial charge in [0.25, 0.3) is 5.91 Å². The van der Waals surface area contributed by atoms with Crippen molar-refractivity contribution in [3.8, 4) is 16.3 Å². The second-order valence-electron chi connectivity index (χ2n) is 6.77. The van der Waals surface area contributed by atoms with Gasteiger partial charge in [-0.05, 0) is 61.1 Å². The normalized spacial score (nSPS) is 10.7. The number of benzene rings is 3. The van der Waals surface area contributed by atoms with Crippen LogP contribution in [0.4, 0.5) is 5.69 Å². The lowest BCUT2D eigenvalue weighted by molar-refractivity contribution is 0.0977. The largest absolute Gasteiger partial charge is 0.495 e. The van der Waals surface area contributed by atoms with E-state index in [1.165, 1.54) is 13.2 Å². The highest BCUT2D eigenvalue weighted by molar-refractivity contribution is 7.80. The van der Waals surface area contributed by atoms with Gasteiger partial charge in [-0.15, -0.1) is 11.3 Å². The first-order valence-corrected chi connectivity index (χ1v) is 11.0. The summed E-state index contributed by atoms with van der Waals surface area (Å²) in [7, 11) is 1.52. The molecular formula is C23H18ClN3O2S2. The molecule has 0 atom stereocenters. The number of aromatic nitrogens is 1. The molecule has 4 rings (SSSR count). The molecule has 3 aromatic carbocycles. The Balaban J connectivity index is 1.50. The summed E-state index contributed by atoms with van der Waals surface area (Å²) >= 11 is 13.1. The molecule has 0 aliphatic rings. The summed E-state index contributed by atoms with van der Waals surface area (Å²) in [6.07, 6.45) is 0. The molecule has 2 N–H and O–H groups in total. The van der Waals surface area contributed by atoms with Gasteiger partial charge >= 0.3 is 0 Å². The lowest BCUT2D eigenvalue weighted by Gasteiger charge is -2.13. The van der Waals surface area contributed by atoms with Gasteiger partial charge in [0.15, 0.2) is 5.11 Å². The minimum Gasteiger partial charge on any atom is -0.495 e. The fourth-order valence-corrected chi connectivity index (χ4v) is 4.44. The summed E-state index contributed by atoms with van der Waals surface area (Å²) in [4.78, 5) is 17.2. The van der Waals surface area contributed by atoms with Crippen LogP contribution in [0, 0.1) is 6.92 Å². The number of hydrogen-bond donors (Lipinski definition) is 2. The van der Waals surface area contributed by atoms with E-state index in [4.69, 9.17) is 33.5 Å². The third-order valence-electron chi connectivity index (χ3n) is 4.67. The number of thiazole rings is 1. The number of ether oxygens (including phenoxy) is 1. The van der Waals surface area contributed by atoms with E-state index >= 15 is 0 Å². The van der Waals surface area contributed by atoms with Crippen LogP contribution in [0.25, 0.3) is 20.8 Å². The standard InChI is InChI=1S/C23H18ClN3O2S2/c1-13-7-8-15(22-25-17-5-3-4-6-20(17)31-22)12-18(13)26-23(30)27-21(28)14-9-10-19(29-2)16(24)11-14/h3-12H,1-2H3,(H2,26,27,28,30). The van der Waals surface area contributed by atoms with E-state index < -0.39 is 0 Å². The molecule has 0 aliphatic carbocycles. The Morgan fingerprint density at radius 1 is 1.13 bits per heavy atom. The van der Waals surface area contributed by atoms with E-state index in [0.29, 0.717) is 16.3 Å². The molecule has 31 heavy (non-hydrogen) atoms. The molecule has 0 fully saturated rings. The number of amides is 1. The molecule has 1 amide bonds. The van der Waals surface area contributed by atoms with Gasteiger partial charge < -0.3 is 10.1 Å². The maximum atomic E-state index is 12.5. The Bertz CT molecular complexity index is 1270. The number of nitrogens with zero attached hydrogens (tertiary/aromatic N) is 1. The monoisotopic (exact) mass is 467 g/mol. The zero-order valence-corrected chi connectivity index (χ0v) is 19.1. The number of carbonyl (C=O) groups excluding carboxylic acids is 1. The van der Waals surface area contributed by atoms with Crippen molar-refractivity contribution < 1.29 is 9.53 Å². The van der Waals surface area contributed by atoms with Gasteiger partial charge in [-0.3, -0.25) is 10.1 Å². The van der Waals surface area contributed by atoms with E-state index in [9.17, 15) is 4.79 Å². The molecule has 1 aromatic heterocycles. The van der Waals surface area contributed by atoms with Crippen LogP contribution in [0.3, 0.4) is 0 Å². The van der Waals surface area contributed by atoms with Gasteiger partial charge in [-0.2, -0.15) is 0 Å². The van der Waals surface area contributed by atoms with Gasteiger partial charge in [-0.25, -0.2) is 4.98 Å². The van der Waals surface area contributed by atoms with E-state index in [2.05, 4.69) is 16.7 Å². The number of rotatable bonds is 4. The minimum atomic E-state index is -0.359. The fraction of sp³-hybridized carbons (Fsp3) is 0.0870. The van der Waals surface area contributed by atoms with Gasteiger partial charge in [0.2, 0.25) is 0 Å². The van der Waals surface area contributed by atoms with Crippen molar-refractivity contribution in [2.45, 2.75) is 6.92 Å². The van der Waals surface area contributed by atoms with Gasteiger partial charge in [0.05, 0.1) is 22.3 Å². The number of halogens is 1. The third kappa shape index (κ3) is 4.69. The average Bonchev–Trinajstić information content (AvgIpc) is 3.19. The van der Waals surface area contributed by atoms with Crippen LogP contribution >= 0.6 is 35.2 Å². The average molecular weight is 468 g/mol. The van der Waals surface area contributed by atoms with Gasteiger partial charge in [-0.1, -0.05) is 35.9 Å². The molecule has 8 heteroatoms. The molecule has 1 heterocycles. The Morgan fingerprint density at radius 3 is 2.68 bits per heavy atom. The number of fused-ring (bicyclic) bond motifs is 1. The van der Waals surface area contributed by atoms with Crippen molar-refractivity contribution in [2.24, 2.45) is 0 Å². The number of hydrogen-bond acceptors (Lipinski definition) is 5. The lowest BCUT2D eigenvalue weighted by Crippen LogP contribution is -2.34. The molecule has 4 aromatic rings. The van der Waals surface area contributed by atoms with Crippen LogP contribution in [0.5, 0.6) is 5.75 Å². The molecule has 5 nitrogen and oxygen atoms in total. The second kappa shape index (κ2) is 9.01. The number of para-hydroxylation sites is 1. The summed E-state index contributed by atoms with van der Waals surface area (Å²) < 4.78 is 6.25. The van der Waals surface area contributed by atoms with Crippen molar-refractivity contribution >= 4 is 62.1 Å².